The van der Waals surface area contributed by atoms with Crippen LogP contribution in [-0.2, 0) is 4.74 Å². The summed E-state index contributed by atoms with van der Waals surface area (Å²) in [6.07, 6.45) is 1.95. The van der Waals surface area contributed by atoms with Gasteiger partial charge in [-0.05, 0) is 26.0 Å². The molecule has 0 saturated heterocycles. The Kier molecular flexibility index (Phi) is 3.71. The monoisotopic (exact) mass is 180 g/mol. The molecular formula is C10H16N2O. The maximum Gasteiger partial charge on any atom is 0.126 e. The van der Waals surface area contributed by atoms with Crippen LogP contribution in [-0.4, -0.2) is 24.2 Å². The molecule has 0 aliphatic heterocycles. The average molecular weight is 180 g/mol. The number of hydrogen-bond acceptors (Lipinski definition) is 3. The van der Waals surface area contributed by atoms with Gasteiger partial charge in [0, 0.05) is 13.3 Å². The zero-order valence-corrected chi connectivity index (χ0v) is 8.32. The van der Waals surface area contributed by atoms with Crippen molar-refractivity contribution in [3.63, 3.8) is 0 Å². The summed E-state index contributed by atoms with van der Waals surface area (Å²) in [5.74, 6) is 0.888. The van der Waals surface area contributed by atoms with E-state index in [0.29, 0.717) is 0 Å². The van der Waals surface area contributed by atoms with Gasteiger partial charge in [-0.25, -0.2) is 4.98 Å². The average Bonchev–Trinajstić information content (AvgIpc) is 2.18. The number of pyridine rings is 1. The number of hydrogen-bond donors (Lipinski definition) is 1. The van der Waals surface area contributed by atoms with Crippen molar-refractivity contribution >= 4 is 5.82 Å². The highest BCUT2D eigenvalue weighted by atomic mass is 16.5. The maximum absolute atomic E-state index is 5.19. The molecule has 0 spiro atoms. The van der Waals surface area contributed by atoms with Gasteiger partial charge >= 0.3 is 0 Å². The maximum atomic E-state index is 5.19. The number of nitrogens with zero attached hydrogens (tertiary/aromatic N) is 1. The first-order valence-corrected chi connectivity index (χ1v) is 4.44. The van der Waals surface area contributed by atoms with E-state index in [1.807, 2.05) is 25.1 Å². The molecule has 0 aromatic carbocycles. The van der Waals surface area contributed by atoms with Crippen LogP contribution in [0.4, 0.5) is 5.82 Å². The molecule has 2 atom stereocenters. The van der Waals surface area contributed by atoms with E-state index in [0.717, 1.165) is 5.82 Å². The molecular weight excluding hydrogens is 164 g/mol. The molecule has 72 valence electrons. The molecule has 1 rings (SSSR count). The van der Waals surface area contributed by atoms with Gasteiger partial charge in [0.15, 0.2) is 0 Å². The standard InChI is InChI=1S/C10H16N2O/c1-8(9(2)13-3)12-10-6-4-5-7-11-10/h4-9H,1-3H3,(H,11,12)/t8-,9?/m0/s1. The minimum absolute atomic E-state index is 0.182. The van der Waals surface area contributed by atoms with Crippen LogP contribution in [0.25, 0.3) is 0 Å². The topological polar surface area (TPSA) is 34.1 Å². The normalized spacial score (nSPS) is 15.0. The molecule has 3 heteroatoms. The van der Waals surface area contributed by atoms with E-state index in [9.17, 15) is 0 Å². The van der Waals surface area contributed by atoms with Gasteiger partial charge in [-0.2, -0.15) is 0 Å². The van der Waals surface area contributed by atoms with Crippen molar-refractivity contribution in [3.8, 4) is 0 Å². The van der Waals surface area contributed by atoms with Gasteiger partial charge in [0.1, 0.15) is 5.82 Å². The molecule has 0 aliphatic carbocycles. The van der Waals surface area contributed by atoms with E-state index < -0.39 is 0 Å². The number of methoxy groups -OCH3 is 1. The van der Waals surface area contributed by atoms with E-state index in [-0.39, 0.29) is 12.1 Å². The summed E-state index contributed by atoms with van der Waals surface area (Å²) in [6.45, 7) is 4.10. The summed E-state index contributed by atoms with van der Waals surface area (Å²) < 4.78 is 5.19. The Balaban J connectivity index is 2.50. The molecule has 1 aromatic rings. The molecule has 0 saturated carbocycles. The van der Waals surface area contributed by atoms with Gasteiger partial charge in [0.05, 0.1) is 12.1 Å². The van der Waals surface area contributed by atoms with Gasteiger partial charge in [-0.1, -0.05) is 6.07 Å². The predicted molar refractivity (Wildman–Crippen MR) is 53.8 cm³/mol. The number of rotatable bonds is 4. The third-order valence-corrected chi connectivity index (χ3v) is 2.12. The number of anilines is 1. The number of aromatic nitrogens is 1. The highest BCUT2D eigenvalue weighted by molar-refractivity contribution is 5.34. The summed E-state index contributed by atoms with van der Waals surface area (Å²) in [4.78, 5) is 4.17. The fourth-order valence-electron chi connectivity index (χ4n) is 1.00. The lowest BCUT2D eigenvalue weighted by atomic mass is 10.2. The van der Waals surface area contributed by atoms with Crippen LogP contribution in [0.5, 0.6) is 0 Å². The minimum atomic E-state index is 0.182. The zero-order valence-electron chi connectivity index (χ0n) is 8.32. The van der Waals surface area contributed by atoms with Crippen LogP contribution in [0.1, 0.15) is 13.8 Å². The van der Waals surface area contributed by atoms with Crippen molar-refractivity contribution in [2.45, 2.75) is 26.0 Å². The largest absolute Gasteiger partial charge is 0.380 e. The fourth-order valence-corrected chi connectivity index (χ4v) is 1.00. The number of ether oxygens (including phenoxy) is 1. The molecule has 0 aliphatic rings. The van der Waals surface area contributed by atoms with Crippen molar-refractivity contribution in [2.75, 3.05) is 12.4 Å². The molecule has 13 heavy (non-hydrogen) atoms. The second kappa shape index (κ2) is 4.82. The first-order chi connectivity index (χ1) is 6.24. The van der Waals surface area contributed by atoms with Gasteiger partial charge in [-0.3, -0.25) is 0 Å². The zero-order chi connectivity index (χ0) is 9.68. The second-order valence-electron chi connectivity index (χ2n) is 3.09. The molecule has 3 nitrogen and oxygen atoms in total. The van der Waals surface area contributed by atoms with Crippen LogP contribution in [0.15, 0.2) is 24.4 Å². The Morgan fingerprint density at radius 3 is 2.69 bits per heavy atom. The molecule has 0 radical (unpaired) electrons. The summed E-state index contributed by atoms with van der Waals surface area (Å²) >= 11 is 0. The highest BCUT2D eigenvalue weighted by Gasteiger charge is 2.10. The second-order valence-corrected chi connectivity index (χ2v) is 3.09. The summed E-state index contributed by atoms with van der Waals surface area (Å²) in [5, 5.41) is 3.26. The quantitative estimate of drug-likeness (QED) is 0.768. The van der Waals surface area contributed by atoms with E-state index in [1.54, 1.807) is 13.3 Å². The third-order valence-electron chi connectivity index (χ3n) is 2.12. The van der Waals surface area contributed by atoms with E-state index in [4.69, 9.17) is 4.74 Å². The Labute approximate surface area is 79.1 Å². The van der Waals surface area contributed by atoms with E-state index in [1.165, 1.54) is 0 Å². The molecule has 0 fully saturated rings. The van der Waals surface area contributed by atoms with Crippen molar-refractivity contribution < 1.29 is 4.74 Å². The lowest BCUT2D eigenvalue weighted by Gasteiger charge is -2.20. The summed E-state index contributed by atoms with van der Waals surface area (Å²) in [5.41, 5.74) is 0. The van der Waals surface area contributed by atoms with Crippen LogP contribution < -0.4 is 5.32 Å². The van der Waals surface area contributed by atoms with Crippen LogP contribution in [0.2, 0.25) is 0 Å². The van der Waals surface area contributed by atoms with Crippen molar-refractivity contribution in [1.82, 2.24) is 4.98 Å². The Bertz CT molecular complexity index is 238. The van der Waals surface area contributed by atoms with E-state index >= 15 is 0 Å². The van der Waals surface area contributed by atoms with Crippen LogP contribution >= 0.6 is 0 Å². The van der Waals surface area contributed by atoms with Crippen LogP contribution in [0.3, 0.4) is 0 Å². The molecule has 0 bridgehead atoms. The minimum Gasteiger partial charge on any atom is -0.380 e. The van der Waals surface area contributed by atoms with Gasteiger partial charge in [0.25, 0.3) is 0 Å². The Hall–Kier alpha value is -1.09. The van der Waals surface area contributed by atoms with Crippen molar-refractivity contribution in [3.05, 3.63) is 24.4 Å². The summed E-state index contributed by atoms with van der Waals surface area (Å²) in [7, 11) is 1.71. The van der Waals surface area contributed by atoms with Gasteiger partial charge in [-0.15, -0.1) is 0 Å². The highest BCUT2D eigenvalue weighted by Crippen LogP contribution is 2.06. The van der Waals surface area contributed by atoms with Crippen molar-refractivity contribution in [2.24, 2.45) is 0 Å². The van der Waals surface area contributed by atoms with Crippen molar-refractivity contribution in [1.29, 1.82) is 0 Å². The van der Waals surface area contributed by atoms with Crippen LogP contribution in [0, 0.1) is 0 Å². The molecule has 1 unspecified atom stereocenters. The molecule has 1 N–H and O–H groups in total. The third kappa shape index (κ3) is 3.03. The fraction of sp³-hybridized carbons (Fsp3) is 0.500. The first-order valence-electron chi connectivity index (χ1n) is 4.44. The Morgan fingerprint density at radius 1 is 1.38 bits per heavy atom. The molecule has 0 amide bonds. The summed E-state index contributed by atoms with van der Waals surface area (Å²) in [6, 6.07) is 6.06. The number of nitrogens with one attached hydrogen (secondary N) is 1. The first kappa shape index (κ1) is 9.99. The smallest absolute Gasteiger partial charge is 0.126 e. The van der Waals surface area contributed by atoms with E-state index in [2.05, 4.69) is 17.2 Å². The van der Waals surface area contributed by atoms with Gasteiger partial charge < -0.3 is 10.1 Å². The molecule has 1 heterocycles. The molecule has 1 aromatic heterocycles. The van der Waals surface area contributed by atoms with Gasteiger partial charge in [0.2, 0.25) is 0 Å². The SMILES string of the molecule is COC(C)[C@H](C)Nc1ccccn1. The lowest BCUT2D eigenvalue weighted by Crippen LogP contribution is -2.29. The lowest BCUT2D eigenvalue weighted by molar-refractivity contribution is 0.106. The predicted octanol–water partition coefficient (Wildman–Crippen LogP) is 1.92. The Morgan fingerprint density at radius 2 is 2.15 bits per heavy atom.